The first kappa shape index (κ1) is 24.0. The number of methoxy groups -OCH3 is 1. The van der Waals surface area contributed by atoms with Gasteiger partial charge in [-0.05, 0) is 80.6 Å². The highest BCUT2D eigenvalue weighted by atomic mass is 35.5. The fourth-order valence-electron chi connectivity index (χ4n) is 4.48. The molecule has 1 heterocycles. The number of carbonyl (C=O) groups is 1. The number of rotatable bonds is 8. The number of nitrogens with one attached hydrogen (secondary N) is 1. The summed E-state index contributed by atoms with van der Waals surface area (Å²) < 4.78 is 11.4. The Kier molecular flexibility index (Phi) is 7.89. The number of benzene rings is 2. The van der Waals surface area contributed by atoms with E-state index >= 15 is 0 Å². The standard InChI is InChI=1S/C25H31Cl2N3O3/c1-29(25(31)28-23-13-19(26)6-8-24(23)32-2)15-17-11-21(12-17)33-20-7-5-18(22(27)14-20)16-30-9-3-4-10-30/h5-8,13-14,17,21H,3-4,9-12,15-16H2,1-2H3,(H,28,31). The van der Waals surface area contributed by atoms with E-state index in [4.69, 9.17) is 32.7 Å². The van der Waals surface area contributed by atoms with Crippen molar-refractivity contribution >= 4 is 34.9 Å². The van der Waals surface area contributed by atoms with Gasteiger partial charge in [-0.25, -0.2) is 4.79 Å². The van der Waals surface area contributed by atoms with Crippen molar-refractivity contribution < 1.29 is 14.3 Å². The highest BCUT2D eigenvalue weighted by Gasteiger charge is 2.32. The second-order valence-corrected chi connectivity index (χ2v) is 9.81. The van der Waals surface area contributed by atoms with E-state index in [1.807, 2.05) is 12.1 Å². The topological polar surface area (TPSA) is 54.0 Å². The Morgan fingerprint density at radius 3 is 2.61 bits per heavy atom. The smallest absolute Gasteiger partial charge is 0.321 e. The SMILES string of the molecule is COc1ccc(Cl)cc1NC(=O)N(C)CC1CC(Oc2ccc(CN3CCCC3)c(Cl)c2)C1. The predicted molar refractivity (Wildman–Crippen MR) is 133 cm³/mol. The summed E-state index contributed by atoms with van der Waals surface area (Å²) in [6.07, 6.45) is 4.51. The molecule has 1 N–H and O–H groups in total. The van der Waals surface area contributed by atoms with Gasteiger partial charge in [-0.1, -0.05) is 29.3 Å². The minimum atomic E-state index is -0.194. The fourth-order valence-corrected chi connectivity index (χ4v) is 4.88. The minimum absolute atomic E-state index is 0.153. The number of amides is 2. The lowest BCUT2D eigenvalue weighted by atomic mass is 9.82. The maximum atomic E-state index is 12.6. The van der Waals surface area contributed by atoms with Crippen LogP contribution in [0.5, 0.6) is 11.5 Å². The van der Waals surface area contributed by atoms with Crippen LogP contribution in [0.2, 0.25) is 10.0 Å². The Hall–Kier alpha value is -2.15. The van der Waals surface area contributed by atoms with Crippen molar-refractivity contribution in [1.29, 1.82) is 0 Å². The lowest BCUT2D eigenvalue weighted by Crippen LogP contribution is -2.43. The van der Waals surface area contributed by atoms with Crippen LogP contribution in [0.25, 0.3) is 0 Å². The van der Waals surface area contributed by atoms with Crippen molar-refractivity contribution in [2.45, 2.75) is 38.3 Å². The van der Waals surface area contributed by atoms with Crippen LogP contribution >= 0.6 is 23.2 Å². The molecule has 1 aliphatic heterocycles. The Labute approximate surface area is 205 Å². The number of hydrogen-bond donors (Lipinski definition) is 1. The first-order chi connectivity index (χ1) is 15.9. The zero-order chi connectivity index (χ0) is 23.4. The van der Waals surface area contributed by atoms with Crippen LogP contribution < -0.4 is 14.8 Å². The highest BCUT2D eigenvalue weighted by Crippen LogP contribution is 2.34. The number of carbonyl (C=O) groups excluding carboxylic acids is 1. The summed E-state index contributed by atoms with van der Waals surface area (Å²) in [7, 11) is 3.35. The molecule has 0 spiro atoms. The molecule has 0 aromatic heterocycles. The maximum absolute atomic E-state index is 12.6. The fraction of sp³-hybridized carbons (Fsp3) is 0.480. The predicted octanol–water partition coefficient (Wildman–Crippen LogP) is 5.92. The lowest BCUT2D eigenvalue weighted by Gasteiger charge is -2.37. The zero-order valence-corrected chi connectivity index (χ0v) is 20.7. The second-order valence-electron chi connectivity index (χ2n) is 8.97. The lowest BCUT2D eigenvalue weighted by molar-refractivity contribution is 0.0532. The zero-order valence-electron chi connectivity index (χ0n) is 19.2. The van der Waals surface area contributed by atoms with Crippen molar-refractivity contribution in [2.24, 2.45) is 5.92 Å². The summed E-state index contributed by atoms with van der Waals surface area (Å²) in [4.78, 5) is 16.7. The van der Waals surface area contributed by atoms with Crippen LogP contribution in [-0.2, 0) is 6.54 Å². The molecular formula is C25H31Cl2N3O3. The summed E-state index contributed by atoms with van der Waals surface area (Å²) in [5, 5.41) is 4.18. The molecule has 2 aromatic rings. The van der Waals surface area contributed by atoms with E-state index in [0.717, 1.165) is 48.8 Å². The van der Waals surface area contributed by atoms with Gasteiger partial charge in [0.25, 0.3) is 0 Å². The van der Waals surface area contributed by atoms with Crippen molar-refractivity contribution in [3.05, 3.63) is 52.0 Å². The molecule has 33 heavy (non-hydrogen) atoms. The van der Waals surface area contributed by atoms with Crippen molar-refractivity contribution in [1.82, 2.24) is 9.80 Å². The first-order valence-corrected chi connectivity index (χ1v) is 12.2. The summed E-state index contributed by atoms with van der Waals surface area (Å²) in [5.74, 6) is 1.79. The molecule has 2 amide bonds. The second kappa shape index (κ2) is 10.9. The normalized spacial score (nSPS) is 20.2. The van der Waals surface area contributed by atoms with Gasteiger partial charge in [0.15, 0.2) is 0 Å². The molecule has 0 unspecified atom stereocenters. The van der Waals surface area contributed by atoms with E-state index in [0.29, 0.717) is 28.9 Å². The van der Waals surface area contributed by atoms with E-state index < -0.39 is 0 Å². The number of urea groups is 1. The Morgan fingerprint density at radius 1 is 1.15 bits per heavy atom. The van der Waals surface area contributed by atoms with Crippen LogP contribution in [0.1, 0.15) is 31.2 Å². The number of halogens is 2. The van der Waals surface area contributed by atoms with Crippen LogP contribution in [0.3, 0.4) is 0 Å². The number of likely N-dealkylation sites (tertiary alicyclic amines) is 1. The maximum Gasteiger partial charge on any atom is 0.321 e. The van der Waals surface area contributed by atoms with Gasteiger partial charge in [0, 0.05) is 30.2 Å². The van der Waals surface area contributed by atoms with Gasteiger partial charge in [-0.2, -0.15) is 0 Å². The van der Waals surface area contributed by atoms with Gasteiger partial charge in [-0.15, -0.1) is 0 Å². The molecule has 2 aliphatic rings. The van der Waals surface area contributed by atoms with Crippen molar-refractivity contribution in [3.8, 4) is 11.5 Å². The Morgan fingerprint density at radius 2 is 1.91 bits per heavy atom. The number of nitrogens with zero attached hydrogens (tertiary/aromatic N) is 2. The first-order valence-electron chi connectivity index (χ1n) is 11.4. The molecular weight excluding hydrogens is 461 g/mol. The third-order valence-electron chi connectivity index (χ3n) is 6.39. The average Bonchev–Trinajstić information content (AvgIpc) is 3.27. The largest absolute Gasteiger partial charge is 0.495 e. The Balaban J connectivity index is 1.22. The summed E-state index contributed by atoms with van der Waals surface area (Å²) in [6, 6.07) is 11.0. The number of hydrogen-bond acceptors (Lipinski definition) is 4. The van der Waals surface area contributed by atoms with Crippen LogP contribution in [-0.4, -0.2) is 55.7 Å². The van der Waals surface area contributed by atoms with Crippen LogP contribution in [0.4, 0.5) is 10.5 Å². The van der Waals surface area contributed by atoms with E-state index in [9.17, 15) is 4.79 Å². The minimum Gasteiger partial charge on any atom is -0.495 e. The molecule has 4 rings (SSSR count). The van der Waals surface area contributed by atoms with Gasteiger partial charge in [0.2, 0.25) is 0 Å². The molecule has 0 radical (unpaired) electrons. The molecule has 2 fully saturated rings. The molecule has 8 heteroatoms. The van der Waals surface area contributed by atoms with Crippen molar-refractivity contribution in [3.63, 3.8) is 0 Å². The van der Waals surface area contributed by atoms with Crippen molar-refractivity contribution in [2.75, 3.05) is 39.1 Å². The van der Waals surface area contributed by atoms with E-state index in [2.05, 4.69) is 16.3 Å². The Bertz CT molecular complexity index is 975. The summed E-state index contributed by atoms with van der Waals surface area (Å²) >= 11 is 12.6. The van der Waals surface area contributed by atoms with Gasteiger partial charge >= 0.3 is 6.03 Å². The molecule has 1 aliphatic carbocycles. The third-order valence-corrected chi connectivity index (χ3v) is 6.98. The molecule has 1 saturated carbocycles. The molecule has 2 aromatic carbocycles. The number of anilines is 1. The van der Waals surface area contributed by atoms with Gasteiger partial charge in [-0.3, -0.25) is 4.90 Å². The summed E-state index contributed by atoms with van der Waals surface area (Å²) in [6.45, 7) is 3.86. The molecule has 0 atom stereocenters. The van der Waals surface area contributed by atoms with E-state index in [1.54, 1.807) is 37.3 Å². The molecule has 1 saturated heterocycles. The van der Waals surface area contributed by atoms with Gasteiger partial charge in [0.05, 0.1) is 18.9 Å². The van der Waals surface area contributed by atoms with Crippen LogP contribution in [0.15, 0.2) is 36.4 Å². The molecule has 0 bridgehead atoms. The third kappa shape index (κ3) is 6.25. The average molecular weight is 492 g/mol. The monoisotopic (exact) mass is 491 g/mol. The molecule has 178 valence electrons. The molecule has 6 nitrogen and oxygen atoms in total. The van der Waals surface area contributed by atoms with E-state index in [1.165, 1.54) is 12.8 Å². The summed E-state index contributed by atoms with van der Waals surface area (Å²) in [5.41, 5.74) is 1.71. The van der Waals surface area contributed by atoms with E-state index in [-0.39, 0.29) is 12.1 Å². The van der Waals surface area contributed by atoms with Gasteiger partial charge in [0.1, 0.15) is 11.5 Å². The highest BCUT2D eigenvalue weighted by molar-refractivity contribution is 6.31. The number of ether oxygens (including phenoxy) is 2. The van der Waals surface area contributed by atoms with Gasteiger partial charge < -0.3 is 19.7 Å². The quantitative estimate of drug-likeness (QED) is 0.497. The van der Waals surface area contributed by atoms with Crippen LogP contribution in [0, 0.1) is 5.92 Å².